The van der Waals surface area contributed by atoms with Crippen LogP contribution in [0.5, 0.6) is 0 Å². The minimum Gasteiger partial charge on any atom is -0.513 e. The van der Waals surface area contributed by atoms with Crippen LogP contribution < -0.4 is 10.6 Å². The van der Waals surface area contributed by atoms with Crippen molar-refractivity contribution < 1.29 is 9.90 Å². The van der Waals surface area contributed by atoms with Crippen LogP contribution in [0.1, 0.15) is 16.8 Å². The van der Waals surface area contributed by atoms with E-state index in [4.69, 9.17) is 11.6 Å². The fraction of sp³-hybridized carbons (Fsp3) is 0.0833. The Morgan fingerprint density at radius 2 is 1.97 bits per heavy atom. The van der Waals surface area contributed by atoms with Crippen molar-refractivity contribution in [1.29, 1.82) is 0 Å². The Balaban J connectivity index is 1.36. The number of carbonyl (C=O) groups excluding carboxylic acids is 1. The summed E-state index contributed by atoms with van der Waals surface area (Å²) in [6.45, 7) is 3.70. The second-order valence-corrected chi connectivity index (χ2v) is 9.01. The third kappa shape index (κ3) is 4.43. The molecule has 0 radical (unpaired) electrons. The number of anilines is 2. The molecule has 5 aromatic rings. The predicted molar refractivity (Wildman–Crippen MR) is 135 cm³/mol. The topological polar surface area (TPSA) is 104 Å². The number of benzene rings is 2. The molecular weight excluding hydrogens is 472 g/mol. The summed E-state index contributed by atoms with van der Waals surface area (Å²) < 4.78 is 2.79. The molecule has 5 rings (SSSR count). The number of aliphatic hydroxyl groups excluding tert-OH is 1. The lowest BCUT2D eigenvalue weighted by molar-refractivity contribution is 0.0954. The predicted octanol–water partition coefficient (Wildman–Crippen LogP) is 5.59. The molecule has 0 aliphatic heterocycles. The Hall–Kier alpha value is -3.95. The van der Waals surface area contributed by atoms with Crippen LogP contribution in [-0.2, 0) is 0 Å². The number of fused-ring (bicyclic) bond motifs is 2. The first-order valence-corrected chi connectivity index (χ1v) is 11.6. The lowest BCUT2D eigenvalue weighted by Crippen LogP contribution is -2.25. The maximum Gasteiger partial charge on any atom is 0.255 e. The fourth-order valence-electron chi connectivity index (χ4n) is 3.48. The van der Waals surface area contributed by atoms with Crippen molar-refractivity contribution in [3.8, 4) is 11.4 Å². The average molecular weight is 491 g/mol. The van der Waals surface area contributed by atoms with Crippen LogP contribution in [0.4, 0.5) is 10.8 Å². The molecule has 170 valence electrons. The number of rotatable bonds is 7. The summed E-state index contributed by atoms with van der Waals surface area (Å²) in [7, 11) is 0. The Morgan fingerprint density at radius 3 is 2.76 bits per heavy atom. The molecule has 3 N–H and O–H groups in total. The molecule has 2 aromatic carbocycles. The lowest BCUT2D eigenvalue weighted by Gasteiger charge is -2.07. The zero-order valence-corrected chi connectivity index (χ0v) is 19.4. The van der Waals surface area contributed by atoms with Crippen molar-refractivity contribution >= 4 is 55.5 Å². The molecule has 3 heterocycles. The fourth-order valence-corrected chi connectivity index (χ4v) is 4.65. The first-order chi connectivity index (χ1) is 16.5. The maximum absolute atomic E-state index is 12.6. The molecule has 0 bridgehead atoms. The summed E-state index contributed by atoms with van der Waals surface area (Å²) >= 11 is 7.60. The molecule has 0 aliphatic rings. The second-order valence-electron chi connectivity index (χ2n) is 7.54. The number of nitrogens with zero attached hydrogens (tertiary/aromatic N) is 4. The highest BCUT2D eigenvalue weighted by Gasteiger charge is 2.16. The van der Waals surface area contributed by atoms with Crippen LogP contribution in [0.15, 0.2) is 73.1 Å². The number of hydrogen-bond donors (Lipinski definition) is 3. The van der Waals surface area contributed by atoms with E-state index in [9.17, 15) is 9.90 Å². The molecule has 1 amide bonds. The van der Waals surface area contributed by atoms with E-state index in [-0.39, 0.29) is 24.6 Å². The third-order valence-corrected chi connectivity index (χ3v) is 6.29. The normalized spacial score (nSPS) is 11.1. The Morgan fingerprint density at radius 1 is 1.15 bits per heavy atom. The Kier molecular flexibility index (Phi) is 5.87. The van der Waals surface area contributed by atoms with E-state index >= 15 is 0 Å². The molecule has 10 heteroatoms. The Labute approximate surface area is 203 Å². The third-order valence-electron chi connectivity index (χ3n) is 5.12. The second kappa shape index (κ2) is 9.12. The molecule has 0 saturated heterocycles. The summed E-state index contributed by atoms with van der Waals surface area (Å²) in [5, 5.41) is 25.3. The van der Waals surface area contributed by atoms with Gasteiger partial charge in [-0.25, -0.2) is 4.98 Å². The molecule has 8 nitrogen and oxygen atoms in total. The summed E-state index contributed by atoms with van der Waals surface area (Å²) in [6.07, 6.45) is 2.10. The molecule has 0 spiro atoms. The van der Waals surface area contributed by atoms with Gasteiger partial charge in [0.25, 0.3) is 5.91 Å². The molecular formula is C24H19ClN6O2S. The smallest absolute Gasteiger partial charge is 0.255 e. The average Bonchev–Trinajstić information content (AvgIpc) is 3.42. The molecule has 0 fully saturated rings. The van der Waals surface area contributed by atoms with E-state index in [0.717, 1.165) is 26.6 Å². The molecule has 3 aromatic heterocycles. The van der Waals surface area contributed by atoms with Crippen LogP contribution in [0.25, 0.3) is 27.3 Å². The summed E-state index contributed by atoms with van der Waals surface area (Å²) in [4.78, 5) is 17.1. The number of thiazole rings is 1. The van der Waals surface area contributed by atoms with Gasteiger partial charge in [0, 0.05) is 35.4 Å². The van der Waals surface area contributed by atoms with Gasteiger partial charge in [-0.3, -0.25) is 9.20 Å². The van der Waals surface area contributed by atoms with Gasteiger partial charge in [-0.05, 0) is 54.6 Å². The number of pyridine rings is 1. The van der Waals surface area contributed by atoms with Gasteiger partial charge in [0.05, 0.1) is 21.5 Å². The van der Waals surface area contributed by atoms with E-state index in [1.165, 1.54) is 11.3 Å². The van der Waals surface area contributed by atoms with Gasteiger partial charge in [0.1, 0.15) is 0 Å². The number of halogens is 1. The first-order valence-electron chi connectivity index (χ1n) is 10.4. The zero-order valence-electron chi connectivity index (χ0n) is 17.8. The van der Waals surface area contributed by atoms with Gasteiger partial charge in [0.2, 0.25) is 0 Å². The monoisotopic (exact) mass is 490 g/mol. The number of aliphatic hydroxyl groups is 1. The van der Waals surface area contributed by atoms with Gasteiger partial charge in [-0.1, -0.05) is 29.5 Å². The number of hydrogen-bond acceptors (Lipinski definition) is 7. The zero-order chi connectivity index (χ0) is 23.7. The van der Waals surface area contributed by atoms with Gasteiger partial charge < -0.3 is 15.7 Å². The van der Waals surface area contributed by atoms with Crippen LogP contribution in [0.2, 0.25) is 5.02 Å². The SMILES string of the molecule is C=C(O)CCNC(=O)c1cccn2c(-c3ccc(Nc4nc5ccc(Cl)cc5s4)cc3)nnc12. The van der Waals surface area contributed by atoms with E-state index in [1.54, 1.807) is 16.5 Å². The maximum atomic E-state index is 12.6. The highest BCUT2D eigenvalue weighted by molar-refractivity contribution is 7.22. The van der Waals surface area contributed by atoms with E-state index in [2.05, 4.69) is 32.4 Å². The van der Waals surface area contributed by atoms with Gasteiger partial charge in [0.15, 0.2) is 16.6 Å². The van der Waals surface area contributed by atoms with Crippen molar-refractivity contribution in [2.75, 3.05) is 11.9 Å². The van der Waals surface area contributed by atoms with E-state index < -0.39 is 0 Å². The summed E-state index contributed by atoms with van der Waals surface area (Å²) in [5.41, 5.74) is 3.48. The summed E-state index contributed by atoms with van der Waals surface area (Å²) in [6, 6.07) is 16.8. The quantitative estimate of drug-likeness (QED) is 0.257. The minimum atomic E-state index is -0.289. The van der Waals surface area contributed by atoms with Crippen molar-refractivity contribution in [2.24, 2.45) is 0 Å². The molecule has 0 atom stereocenters. The van der Waals surface area contributed by atoms with Crippen molar-refractivity contribution in [1.82, 2.24) is 24.9 Å². The largest absolute Gasteiger partial charge is 0.513 e. The van der Waals surface area contributed by atoms with Crippen molar-refractivity contribution in [3.05, 3.63) is 83.7 Å². The first kappa shape index (κ1) is 21.9. The molecule has 0 saturated carbocycles. The number of aromatic nitrogens is 4. The Bertz CT molecular complexity index is 1530. The van der Waals surface area contributed by atoms with E-state index in [0.29, 0.717) is 22.1 Å². The van der Waals surface area contributed by atoms with Gasteiger partial charge in [-0.15, -0.1) is 10.2 Å². The van der Waals surface area contributed by atoms with Crippen LogP contribution in [0, 0.1) is 0 Å². The van der Waals surface area contributed by atoms with E-state index in [1.807, 2.05) is 48.7 Å². The lowest BCUT2D eigenvalue weighted by atomic mass is 10.2. The number of amides is 1. The van der Waals surface area contributed by atoms with Gasteiger partial charge >= 0.3 is 0 Å². The molecule has 0 unspecified atom stereocenters. The minimum absolute atomic E-state index is 0.0220. The van der Waals surface area contributed by atoms with Gasteiger partial charge in [-0.2, -0.15) is 0 Å². The van der Waals surface area contributed by atoms with Crippen molar-refractivity contribution in [2.45, 2.75) is 6.42 Å². The van der Waals surface area contributed by atoms with Crippen molar-refractivity contribution in [3.63, 3.8) is 0 Å². The number of carbonyl (C=O) groups is 1. The highest BCUT2D eigenvalue weighted by atomic mass is 35.5. The standard InChI is InChI=1S/C24H19ClN6O2S/c1-14(32)10-11-26-23(33)18-3-2-12-31-21(29-30-22(18)31)15-4-7-17(8-5-15)27-24-28-19-9-6-16(25)13-20(19)34-24/h2-9,12-13,32H,1,10-11H2,(H,26,33)(H,27,28). The van der Waals surface area contributed by atoms with Crippen LogP contribution >= 0.6 is 22.9 Å². The molecule has 34 heavy (non-hydrogen) atoms. The van der Waals surface area contributed by atoms with Crippen LogP contribution in [0.3, 0.4) is 0 Å². The number of nitrogens with one attached hydrogen (secondary N) is 2. The summed E-state index contributed by atoms with van der Waals surface area (Å²) in [5.74, 6) is 0.353. The molecule has 0 aliphatic carbocycles. The highest BCUT2D eigenvalue weighted by Crippen LogP contribution is 2.31. The van der Waals surface area contributed by atoms with Crippen LogP contribution in [-0.4, -0.2) is 37.1 Å².